The summed E-state index contributed by atoms with van der Waals surface area (Å²) in [6, 6.07) is 7.11. The summed E-state index contributed by atoms with van der Waals surface area (Å²) in [7, 11) is 0. The Balaban J connectivity index is 1.76. The second kappa shape index (κ2) is 7.43. The minimum atomic E-state index is -0.0947. The smallest absolute Gasteiger partial charge is 0.223 e. The van der Waals surface area contributed by atoms with E-state index in [2.05, 4.69) is 10.3 Å². The van der Waals surface area contributed by atoms with Crippen LogP contribution >= 0.6 is 22.9 Å². The van der Waals surface area contributed by atoms with E-state index in [0.29, 0.717) is 17.4 Å². The average Bonchev–Trinajstić information content (AvgIpc) is 2.88. The molecule has 112 valence electrons. The molecule has 21 heavy (non-hydrogen) atoms. The van der Waals surface area contributed by atoms with Crippen LogP contribution in [0.5, 0.6) is 5.75 Å². The molecule has 1 aromatic carbocycles. The van der Waals surface area contributed by atoms with Gasteiger partial charge in [0.1, 0.15) is 5.75 Å². The monoisotopic (exact) mass is 324 g/mol. The van der Waals surface area contributed by atoms with Crippen LogP contribution in [-0.4, -0.2) is 17.5 Å². The van der Waals surface area contributed by atoms with E-state index in [-0.39, 0.29) is 18.4 Å². The quantitative estimate of drug-likeness (QED) is 0.880. The van der Waals surface area contributed by atoms with Gasteiger partial charge >= 0.3 is 0 Å². The Morgan fingerprint density at radius 2 is 2.24 bits per heavy atom. The molecule has 0 aliphatic heterocycles. The summed E-state index contributed by atoms with van der Waals surface area (Å²) in [6.07, 6.45) is 0.276. The lowest BCUT2D eigenvalue weighted by Crippen LogP contribution is -2.28. The number of para-hydroxylation sites is 1. The molecule has 0 aliphatic rings. The van der Waals surface area contributed by atoms with Gasteiger partial charge in [0.25, 0.3) is 0 Å². The lowest BCUT2D eigenvalue weighted by Gasteiger charge is -2.12. The standard InChI is InChI=1S/C15H17ClN2O2S/c1-10(13-9-21-11(2)18-13)17-15(19)7-8-20-14-6-4-3-5-12(14)16/h3-6,9-10H,7-8H2,1-2H3,(H,17,19). The van der Waals surface area contributed by atoms with Gasteiger partial charge in [-0.25, -0.2) is 4.98 Å². The first-order chi connectivity index (χ1) is 10.1. The van der Waals surface area contributed by atoms with Crippen LogP contribution < -0.4 is 10.1 Å². The van der Waals surface area contributed by atoms with E-state index in [1.165, 1.54) is 0 Å². The Bertz CT molecular complexity index is 615. The van der Waals surface area contributed by atoms with Gasteiger partial charge in [-0.3, -0.25) is 4.79 Å². The number of hydrogen-bond donors (Lipinski definition) is 1. The van der Waals surface area contributed by atoms with Gasteiger partial charge in [0.2, 0.25) is 5.91 Å². The number of hydrogen-bond acceptors (Lipinski definition) is 4. The number of amides is 1. The SMILES string of the molecule is Cc1nc(C(C)NC(=O)CCOc2ccccc2Cl)cs1. The number of rotatable bonds is 6. The largest absolute Gasteiger partial charge is 0.491 e. The Hall–Kier alpha value is -1.59. The molecular weight excluding hydrogens is 308 g/mol. The number of benzene rings is 1. The van der Waals surface area contributed by atoms with Crippen LogP contribution in [-0.2, 0) is 4.79 Å². The molecule has 2 rings (SSSR count). The molecule has 0 spiro atoms. The highest BCUT2D eigenvalue weighted by atomic mass is 35.5. The summed E-state index contributed by atoms with van der Waals surface area (Å²) in [5.41, 5.74) is 0.887. The molecule has 1 unspecified atom stereocenters. The maximum Gasteiger partial charge on any atom is 0.223 e. The topological polar surface area (TPSA) is 51.2 Å². The van der Waals surface area contributed by atoms with Crippen molar-refractivity contribution < 1.29 is 9.53 Å². The van der Waals surface area contributed by atoms with Gasteiger partial charge in [-0.1, -0.05) is 23.7 Å². The third kappa shape index (κ3) is 4.72. The number of carbonyl (C=O) groups excluding carboxylic acids is 1. The Morgan fingerprint density at radius 1 is 1.48 bits per heavy atom. The number of aromatic nitrogens is 1. The van der Waals surface area contributed by atoms with Gasteiger partial charge in [0.15, 0.2) is 0 Å². The predicted octanol–water partition coefficient (Wildman–Crippen LogP) is 3.75. The normalized spacial score (nSPS) is 12.0. The molecule has 1 N–H and O–H groups in total. The molecule has 0 aliphatic carbocycles. The molecule has 1 aromatic heterocycles. The highest BCUT2D eigenvalue weighted by Crippen LogP contribution is 2.23. The molecule has 0 radical (unpaired) electrons. The zero-order valence-corrected chi connectivity index (χ0v) is 13.5. The first-order valence-corrected chi connectivity index (χ1v) is 7.90. The zero-order valence-electron chi connectivity index (χ0n) is 11.9. The second-order valence-corrected chi connectivity index (χ2v) is 6.08. The van der Waals surface area contributed by atoms with Crippen LogP contribution in [0.4, 0.5) is 0 Å². The molecule has 0 saturated heterocycles. The number of carbonyl (C=O) groups is 1. The van der Waals surface area contributed by atoms with E-state index >= 15 is 0 Å². The van der Waals surface area contributed by atoms with E-state index in [4.69, 9.17) is 16.3 Å². The van der Waals surface area contributed by atoms with E-state index in [0.717, 1.165) is 10.7 Å². The van der Waals surface area contributed by atoms with Crippen molar-refractivity contribution in [1.29, 1.82) is 0 Å². The van der Waals surface area contributed by atoms with Crippen LogP contribution in [0, 0.1) is 6.92 Å². The van der Waals surface area contributed by atoms with Crippen LogP contribution in [0.1, 0.15) is 30.1 Å². The number of thiazole rings is 1. The minimum absolute atomic E-state index is 0.0693. The fourth-order valence-corrected chi connectivity index (χ4v) is 2.68. The molecule has 0 bridgehead atoms. The molecule has 1 atom stereocenters. The molecule has 0 fully saturated rings. The molecule has 2 aromatic rings. The maximum atomic E-state index is 11.9. The third-order valence-electron chi connectivity index (χ3n) is 2.88. The van der Waals surface area contributed by atoms with Crippen molar-refractivity contribution in [3.8, 4) is 5.75 Å². The van der Waals surface area contributed by atoms with E-state index < -0.39 is 0 Å². The molecular formula is C15H17ClN2O2S. The summed E-state index contributed by atoms with van der Waals surface area (Å²) >= 11 is 7.55. The van der Waals surface area contributed by atoms with Crippen molar-refractivity contribution in [1.82, 2.24) is 10.3 Å². The molecule has 6 heteroatoms. The fourth-order valence-electron chi connectivity index (χ4n) is 1.78. The molecule has 1 amide bonds. The summed E-state index contributed by atoms with van der Waals surface area (Å²) in [6.45, 7) is 4.15. The van der Waals surface area contributed by atoms with Crippen LogP contribution in [0.2, 0.25) is 5.02 Å². The van der Waals surface area contributed by atoms with E-state index in [1.807, 2.05) is 31.4 Å². The van der Waals surface area contributed by atoms with Gasteiger partial charge in [-0.15, -0.1) is 11.3 Å². The van der Waals surface area contributed by atoms with Crippen molar-refractivity contribution in [3.05, 3.63) is 45.4 Å². The molecule has 1 heterocycles. The molecule has 4 nitrogen and oxygen atoms in total. The number of halogens is 1. The van der Waals surface area contributed by atoms with Gasteiger partial charge < -0.3 is 10.1 Å². The first kappa shape index (κ1) is 15.8. The summed E-state index contributed by atoms with van der Waals surface area (Å²) in [5, 5.41) is 6.40. The maximum absolute atomic E-state index is 11.9. The number of nitrogens with one attached hydrogen (secondary N) is 1. The molecule has 0 saturated carbocycles. The summed E-state index contributed by atoms with van der Waals surface area (Å²) in [5.74, 6) is 0.523. The lowest BCUT2D eigenvalue weighted by atomic mass is 10.2. The predicted molar refractivity (Wildman–Crippen MR) is 85.0 cm³/mol. The van der Waals surface area contributed by atoms with Crippen LogP contribution in [0.25, 0.3) is 0 Å². The number of ether oxygens (including phenoxy) is 1. The van der Waals surface area contributed by atoms with Crippen molar-refractivity contribution in [2.45, 2.75) is 26.3 Å². The van der Waals surface area contributed by atoms with Crippen LogP contribution in [0.3, 0.4) is 0 Å². The highest BCUT2D eigenvalue weighted by molar-refractivity contribution is 7.09. The minimum Gasteiger partial charge on any atom is -0.491 e. The second-order valence-electron chi connectivity index (χ2n) is 4.61. The highest BCUT2D eigenvalue weighted by Gasteiger charge is 2.12. The van der Waals surface area contributed by atoms with Crippen molar-refractivity contribution >= 4 is 28.8 Å². The third-order valence-corrected chi connectivity index (χ3v) is 3.99. The van der Waals surface area contributed by atoms with E-state index in [1.54, 1.807) is 23.5 Å². The zero-order chi connectivity index (χ0) is 15.2. The number of aryl methyl sites for hydroxylation is 1. The van der Waals surface area contributed by atoms with Crippen molar-refractivity contribution in [3.63, 3.8) is 0 Å². The van der Waals surface area contributed by atoms with E-state index in [9.17, 15) is 4.79 Å². The van der Waals surface area contributed by atoms with Gasteiger partial charge in [0.05, 0.1) is 34.8 Å². The summed E-state index contributed by atoms with van der Waals surface area (Å²) < 4.78 is 5.49. The van der Waals surface area contributed by atoms with Crippen LogP contribution in [0.15, 0.2) is 29.6 Å². The summed E-state index contributed by atoms with van der Waals surface area (Å²) in [4.78, 5) is 16.2. The van der Waals surface area contributed by atoms with Crippen molar-refractivity contribution in [2.75, 3.05) is 6.61 Å². The Morgan fingerprint density at radius 3 is 2.90 bits per heavy atom. The van der Waals surface area contributed by atoms with Gasteiger partial charge in [0, 0.05) is 5.38 Å². The van der Waals surface area contributed by atoms with Gasteiger partial charge in [-0.2, -0.15) is 0 Å². The fraction of sp³-hybridized carbons (Fsp3) is 0.333. The van der Waals surface area contributed by atoms with Gasteiger partial charge in [-0.05, 0) is 26.0 Å². The first-order valence-electron chi connectivity index (χ1n) is 6.65. The average molecular weight is 325 g/mol. The Labute approximate surface area is 133 Å². The lowest BCUT2D eigenvalue weighted by molar-refractivity contribution is -0.122. The Kier molecular flexibility index (Phi) is 5.59. The number of nitrogens with zero attached hydrogens (tertiary/aromatic N) is 1. The van der Waals surface area contributed by atoms with Crippen molar-refractivity contribution in [2.24, 2.45) is 0 Å².